The fourth-order valence-electron chi connectivity index (χ4n) is 3.74. The number of nitrogen functional groups attached to an aromatic ring is 1. The number of carboxylic acid groups (broad SMARTS) is 1. The van der Waals surface area contributed by atoms with Gasteiger partial charge in [-0.1, -0.05) is 30.0 Å². The number of carboxylic acids is 1. The zero-order valence-electron chi connectivity index (χ0n) is 17.5. The Morgan fingerprint density at radius 2 is 2.27 bits per heavy atom. The first-order valence-electron chi connectivity index (χ1n) is 10.0. The number of fused-ring (bicyclic) bond motifs is 1. The molecule has 11 nitrogen and oxygen atoms in total. The molecule has 0 saturated carbocycles. The van der Waals surface area contributed by atoms with Crippen molar-refractivity contribution in [1.29, 1.82) is 0 Å². The summed E-state index contributed by atoms with van der Waals surface area (Å²) in [6.45, 7) is 1.89. The second kappa shape index (κ2) is 9.97. The van der Waals surface area contributed by atoms with Crippen LogP contribution in [0.4, 0.5) is 5.13 Å². The fraction of sp³-hybridized carbons (Fsp3) is 0.368. The number of hydrogen-bond donors (Lipinski definition) is 4. The number of allylic oxidation sites excluding steroid dienone is 2. The summed E-state index contributed by atoms with van der Waals surface area (Å²) in [6.07, 6.45) is 5.05. The van der Waals surface area contributed by atoms with Gasteiger partial charge in [0.05, 0.1) is 28.6 Å². The van der Waals surface area contributed by atoms with Crippen molar-refractivity contribution >= 4 is 63.3 Å². The van der Waals surface area contributed by atoms with E-state index in [1.54, 1.807) is 17.7 Å². The van der Waals surface area contributed by atoms with Crippen LogP contribution in [0, 0.1) is 0 Å². The smallest absolute Gasteiger partial charge is 0.353 e. The van der Waals surface area contributed by atoms with Crippen LogP contribution in [0.3, 0.4) is 0 Å². The third-order valence-electron chi connectivity index (χ3n) is 5.17. The van der Waals surface area contributed by atoms with Gasteiger partial charge in [-0.05, 0) is 19.3 Å². The Bertz CT molecular complexity index is 1130. The first-order chi connectivity index (χ1) is 15.9. The van der Waals surface area contributed by atoms with Crippen molar-refractivity contribution in [2.24, 2.45) is 0 Å². The van der Waals surface area contributed by atoms with Crippen LogP contribution in [0.25, 0.3) is 5.57 Å². The Kier molecular flexibility index (Phi) is 7.05. The normalized spacial score (nSPS) is 20.5. The predicted molar refractivity (Wildman–Crippen MR) is 126 cm³/mol. The van der Waals surface area contributed by atoms with Crippen LogP contribution in [-0.2, 0) is 14.4 Å². The van der Waals surface area contributed by atoms with E-state index in [2.05, 4.69) is 25.7 Å². The van der Waals surface area contributed by atoms with E-state index in [0.717, 1.165) is 0 Å². The minimum absolute atomic E-state index is 0.0101. The van der Waals surface area contributed by atoms with Crippen molar-refractivity contribution in [1.82, 2.24) is 30.6 Å². The van der Waals surface area contributed by atoms with Crippen LogP contribution in [0.5, 0.6) is 0 Å². The molecule has 2 aliphatic heterocycles. The van der Waals surface area contributed by atoms with Crippen LogP contribution in [0.1, 0.15) is 31.9 Å². The van der Waals surface area contributed by atoms with Crippen LogP contribution < -0.4 is 11.1 Å². The molecule has 2 atom stereocenters. The number of aromatic amines is 1. The van der Waals surface area contributed by atoms with Gasteiger partial charge >= 0.3 is 5.97 Å². The highest BCUT2D eigenvalue weighted by molar-refractivity contribution is 8.17. The van der Waals surface area contributed by atoms with Gasteiger partial charge in [0.2, 0.25) is 0 Å². The summed E-state index contributed by atoms with van der Waals surface area (Å²) in [5.74, 6) is -2.01. The number of aromatic nitrogens is 4. The van der Waals surface area contributed by atoms with Gasteiger partial charge in [-0.3, -0.25) is 19.6 Å². The van der Waals surface area contributed by atoms with E-state index in [1.165, 1.54) is 39.8 Å². The standard InChI is InChI=1S/C19H21N7O4S3/c1-2-3-9(10-7-31-19(20)22-10)16(27)23-14-11-4-5-12(15(18(29)30)26(11)17(14)28)32-8-33-13-6-21-25-24-13/h3,6-7,11,14H,2,4-5,8H2,1H3,(H2,20,22)(H,23,27)(H,29,30)(H,21,24,25)/b9-3-/t11-,14+/m1/s1. The number of amides is 2. The van der Waals surface area contributed by atoms with Gasteiger partial charge in [0.25, 0.3) is 11.8 Å². The Morgan fingerprint density at radius 3 is 2.91 bits per heavy atom. The molecule has 4 rings (SSSR count). The molecule has 4 heterocycles. The van der Waals surface area contributed by atoms with E-state index in [9.17, 15) is 19.5 Å². The number of carbonyl (C=O) groups excluding carboxylic acids is 2. The van der Waals surface area contributed by atoms with Gasteiger partial charge in [0, 0.05) is 10.3 Å². The molecule has 2 aliphatic rings. The molecule has 0 radical (unpaired) electrons. The predicted octanol–water partition coefficient (Wildman–Crippen LogP) is 1.91. The maximum Gasteiger partial charge on any atom is 0.353 e. The summed E-state index contributed by atoms with van der Waals surface area (Å²) in [5, 5.41) is 26.0. The number of β-lactam (4-membered cyclic amide) rings is 1. The van der Waals surface area contributed by atoms with Gasteiger partial charge in [0.15, 0.2) is 5.13 Å². The zero-order valence-corrected chi connectivity index (χ0v) is 19.9. The van der Waals surface area contributed by atoms with Crippen LogP contribution in [0.2, 0.25) is 0 Å². The third kappa shape index (κ3) is 4.77. The lowest BCUT2D eigenvalue weighted by atomic mass is 9.86. The monoisotopic (exact) mass is 507 g/mol. The van der Waals surface area contributed by atoms with E-state index in [0.29, 0.717) is 50.7 Å². The van der Waals surface area contributed by atoms with Crippen LogP contribution in [0.15, 0.2) is 33.3 Å². The highest BCUT2D eigenvalue weighted by atomic mass is 32.2. The molecule has 0 aromatic carbocycles. The minimum atomic E-state index is -1.16. The number of nitrogens with two attached hydrogens (primary N) is 1. The number of thioether (sulfide) groups is 2. The summed E-state index contributed by atoms with van der Waals surface area (Å²) in [4.78, 5) is 43.9. The summed E-state index contributed by atoms with van der Waals surface area (Å²) in [6, 6.07) is -1.18. The molecule has 5 N–H and O–H groups in total. The minimum Gasteiger partial charge on any atom is -0.477 e. The zero-order chi connectivity index (χ0) is 23.5. The summed E-state index contributed by atoms with van der Waals surface area (Å²) in [7, 11) is 0. The number of carbonyl (C=O) groups is 3. The van der Waals surface area contributed by atoms with E-state index in [4.69, 9.17) is 5.73 Å². The molecule has 174 valence electrons. The maximum absolute atomic E-state index is 12.9. The van der Waals surface area contributed by atoms with Gasteiger partial charge in [-0.25, -0.2) is 9.78 Å². The lowest BCUT2D eigenvalue weighted by molar-refractivity contribution is -0.155. The average molecular weight is 508 g/mol. The quantitative estimate of drug-likeness (QED) is 0.170. The maximum atomic E-state index is 12.9. The highest BCUT2D eigenvalue weighted by Crippen LogP contribution is 2.42. The molecule has 2 amide bonds. The lowest BCUT2D eigenvalue weighted by Gasteiger charge is -2.50. The highest BCUT2D eigenvalue weighted by Gasteiger charge is 2.53. The second-order valence-corrected chi connectivity index (χ2v) is 10.5. The first-order valence-corrected chi connectivity index (χ1v) is 12.9. The average Bonchev–Trinajstić information content (AvgIpc) is 3.46. The number of aliphatic carboxylic acids is 1. The molecule has 14 heteroatoms. The number of rotatable bonds is 9. The number of H-pyrrole nitrogens is 1. The topological polar surface area (TPSA) is 167 Å². The number of hydrogen-bond acceptors (Lipinski definition) is 10. The molecule has 1 saturated heterocycles. The van der Waals surface area contributed by atoms with E-state index < -0.39 is 29.9 Å². The Labute approximate surface area is 201 Å². The molecular formula is C19H21N7O4S3. The Balaban J connectivity index is 1.45. The fourth-order valence-corrected chi connectivity index (χ4v) is 6.41. The molecule has 33 heavy (non-hydrogen) atoms. The number of thiazole rings is 1. The Hall–Kier alpha value is -2.84. The third-order valence-corrected chi connectivity index (χ3v) is 8.02. The molecule has 0 spiro atoms. The first kappa shape index (κ1) is 23.3. The largest absolute Gasteiger partial charge is 0.477 e. The molecule has 2 aromatic heterocycles. The van der Waals surface area contributed by atoms with Crippen molar-refractivity contribution in [2.75, 3.05) is 10.8 Å². The van der Waals surface area contributed by atoms with Crippen molar-refractivity contribution in [3.8, 4) is 0 Å². The molecule has 0 aliphatic carbocycles. The van der Waals surface area contributed by atoms with Crippen LogP contribution >= 0.6 is 34.9 Å². The van der Waals surface area contributed by atoms with Crippen molar-refractivity contribution in [3.05, 3.63) is 33.9 Å². The number of anilines is 1. The van der Waals surface area contributed by atoms with Gasteiger partial charge in [-0.2, -0.15) is 0 Å². The van der Waals surface area contributed by atoms with Crippen LogP contribution in [-0.4, -0.2) is 65.4 Å². The molecule has 0 bridgehead atoms. The van der Waals surface area contributed by atoms with E-state index in [-0.39, 0.29) is 5.70 Å². The van der Waals surface area contributed by atoms with Crippen molar-refractivity contribution in [3.63, 3.8) is 0 Å². The molecule has 2 aromatic rings. The van der Waals surface area contributed by atoms with Gasteiger partial charge < -0.3 is 16.2 Å². The number of nitrogens with zero attached hydrogens (tertiary/aromatic N) is 4. The Morgan fingerprint density at radius 1 is 1.45 bits per heavy atom. The SMILES string of the molecule is CC/C=C(\C(=O)N[C@@H]1C(=O)N2C(C(=O)O)=C(SCSc3c[nH]nn3)CC[C@H]12)c1csc(N)n1. The summed E-state index contributed by atoms with van der Waals surface area (Å²) < 4.78 is 0. The van der Waals surface area contributed by atoms with Crippen molar-refractivity contribution < 1.29 is 19.5 Å². The summed E-state index contributed by atoms with van der Waals surface area (Å²) >= 11 is 4.02. The van der Waals surface area contributed by atoms with Gasteiger partial charge in [-0.15, -0.1) is 28.2 Å². The van der Waals surface area contributed by atoms with E-state index in [1.807, 2.05) is 6.92 Å². The van der Waals surface area contributed by atoms with Gasteiger partial charge in [0.1, 0.15) is 16.8 Å². The second-order valence-electron chi connectivity index (χ2n) is 7.16. The number of nitrogens with one attached hydrogen (secondary N) is 2. The molecule has 0 unspecified atom stereocenters. The van der Waals surface area contributed by atoms with Crippen molar-refractivity contribution in [2.45, 2.75) is 43.3 Å². The molecular weight excluding hydrogens is 486 g/mol. The molecule has 1 fully saturated rings. The van der Waals surface area contributed by atoms with E-state index >= 15 is 0 Å². The lowest BCUT2D eigenvalue weighted by Crippen LogP contribution is -2.71. The summed E-state index contributed by atoms with van der Waals surface area (Å²) in [5.41, 5.74) is 6.49.